The number of hydrogen-bond donors (Lipinski definition) is 2. The van der Waals surface area contributed by atoms with Gasteiger partial charge in [-0.1, -0.05) is 39.0 Å². The van der Waals surface area contributed by atoms with Crippen LogP contribution in [0, 0.1) is 0 Å². The van der Waals surface area contributed by atoms with Gasteiger partial charge in [0.25, 0.3) is 0 Å². The molecular weight excluding hydrogens is 244 g/mol. The number of unbranched alkanes of at least 4 members (excludes halogenated alkanes) is 4. The summed E-state index contributed by atoms with van der Waals surface area (Å²) in [7, 11) is 0. The van der Waals surface area contributed by atoms with Crippen LogP contribution in [0.1, 0.15) is 64.7 Å². The van der Waals surface area contributed by atoms with Crippen molar-refractivity contribution in [3.63, 3.8) is 0 Å². The number of urea groups is 1. The molecule has 1 saturated heterocycles. The van der Waals surface area contributed by atoms with Crippen LogP contribution in [0.5, 0.6) is 0 Å². The summed E-state index contributed by atoms with van der Waals surface area (Å²) in [6.07, 6.45) is 8.09. The Balaban J connectivity index is 2.18. The first kappa shape index (κ1) is 15.8. The summed E-state index contributed by atoms with van der Waals surface area (Å²) in [5.41, 5.74) is 0. The van der Waals surface area contributed by atoms with Crippen LogP contribution in [0.25, 0.3) is 0 Å². The van der Waals surface area contributed by atoms with Gasteiger partial charge in [-0.05, 0) is 25.7 Å². The normalized spacial score (nSPS) is 22.1. The van der Waals surface area contributed by atoms with E-state index in [1.54, 1.807) is 0 Å². The fourth-order valence-corrected chi connectivity index (χ4v) is 2.55. The second-order valence-electron chi connectivity index (χ2n) is 5.30. The van der Waals surface area contributed by atoms with Crippen LogP contribution in [0.15, 0.2) is 0 Å². The maximum Gasteiger partial charge on any atom is 0.315 e. The van der Waals surface area contributed by atoms with Crippen LogP contribution < -0.4 is 15.7 Å². The second kappa shape index (κ2) is 8.77. The standard InChI is InChI=1S/C14H26N2O3/c1-2-3-5-8-11-12(16-14(19)15-11)9-6-4-7-10-13(17)18/h11-12H,2-10H2,1H3,(H,17,18)(H2,15,16,19)/p-1/t11-,12-/m0/s1. The van der Waals surface area contributed by atoms with Gasteiger partial charge in [-0.3, -0.25) is 0 Å². The van der Waals surface area contributed by atoms with E-state index in [1.165, 1.54) is 12.8 Å². The summed E-state index contributed by atoms with van der Waals surface area (Å²) in [5, 5.41) is 16.2. The SMILES string of the molecule is CCCCC[C@@H]1NC(=O)N[C@H]1CCCCCC(=O)[O-]. The summed E-state index contributed by atoms with van der Waals surface area (Å²) in [6.45, 7) is 2.17. The van der Waals surface area contributed by atoms with Crippen molar-refractivity contribution in [2.45, 2.75) is 76.8 Å². The fourth-order valence-electron chi connectivity index (χ4n) is 2.55. The Morgan fingerprint density at radius 2 is 1.63 bits per heavy atom. The minimum atomic E-state index is -0.978. The lowest BCUT2D eigenvalue weighted by Crippen LogP contribution is -2.33. The molecule has 0 saturated carbocycles. The highest BCUT2D eigenvalue weighted by Gasteiger charge is 2.30. The predicted molar refractivity (Wildman–Crippen MR) is 71.5 cm³/mol. The minimum Gasteiger partial charge on any atom is -0.550 e. The summed E-state index contributed by atoms with van der Waals surface area (Å²) < 4.78 is 0. The fraction of sp³-hybridized carbons (Fsp3) is 0.857. The lowest BCUT2D eigenvalue weighted by Gasteiger charge is -2.18. The average Bonchev–Trinajstić information content (AvgIpc) is 2.69. The number of aliphatic carboxylic acids is 1. The molecule has 0 spiro atoms. The molecule has 2 N–H and O–H groups in total. The molecule has 5 nitrogen and oxygen atoms in total. The molecule has 1 aliphatic rings. The molecule has 0 radical (unpaired) electrons. The van der Waals surface area contributed by atoms with Crippen molar-refractivity contribution in [1.29, 1.82) is 0 Å². The van der Waals surface area contributed by atoms with E-state index in [2.05, 4.69) is 17.6 Å². The average molecular weight is 269 g/mol. The largest absolute Gasteiger partial charge is 0.550 e. The molecule has 2 atom stereocenters. The molecule has 1 aliphatic heterocycles. The summed E-state index contributed by atoms with van der Waals surface area (Å²) in [5.74, 6) is -0.978. The van der Waals surface area contributed by atoms with Crippen LogP contribution >= 0.6 is 0 Å². The van der Waals surface area contributed by atoms with Crippen molar-refractivity contribution in [2.24, 2.45) is 0 Å². The third kappa shape index (κ3) is 6.45. The Bertz CT molecular complexity index is 294. The zero-order valence-electron chi connectivity index (χ0n) is 11.7. The molecule has 0 aromatic rings. The smallest absolute Gasteiger partial charge is 0.315 e. The van der Waals surface area contributed by atoms with Crippen LogP contribution in [-0.2, 0) is 4.79 Å². The molecule has 19 heavy (non-hydrogen) atoms. The van der Waals surface area contributed by atoms with E-state index in [4.69, 9.17) is 0 Å². The van der Waals surface area contributed by atoms with E-state index in [0.717, 1.165) is 32.1 Å². The highest BCUT2D eigenvalue weighted by molar-refractivity contribution is 5.77. The molecular formula is C14H25N2O3-. The van der Waals surface area contributed by atoms with E-state index in [1.807, 2.05) is 0 Å². The molecule has 1 heterocycles. The topological polar surface area (TPSA) is 81.3 Å². The van der Waals surface area contributed by atoms with Crippen LogP contribution in [0.4, 0.5) is 4.79 Å². The van der Waals surface area contributed by atoms with E-state index >= 15 is 0 Å². The molecule has 1 fully saturated rings. The highest BCUT2D eigenvalue weighted by atomic mass is 16.4. The van der Waals surface area contributed by atoms with E-state index in [9.17, 15) is 14.7 Å². The molecule has 2 amide bonds. The highest BCUT2D eigenvalue weighted by Crippen LogP contribution is 2.16. The zero-order valence-corrected chi connectivity index (χ0v) is 11.7. The van der Waals surface area contributed by atoms with Crippen LogP contribution in [0.3, 0.4) is 0 Å². The molecule has 0 aromatic heterocycles. The number of carboxylic acid groups (broad SMARTS) is 1. The van der Waals surface area contributed by atoms with Gasteiger partial charge in [0.05, 0.1) is 12.1 Å². The number of carboxylic acids is 1. The maximum atomic E-state index is 11.4. The van der Waals surface area contributed by atoms with Crippen molar-refractivity contribution in [2.75, 3.05) is 0 Å². The van der Waals surface area contributed by atoms with Crippen molar-refractivity contribution in [1.82, 2.24) is 10.6 Å². The molecule has 0 bridgehead atoms. The Kier molecular flexibility index (Phi) is 7.30. The monoisotopic (exact) mass is 269 g/mol. The Morgan fingerprint density at radius 1 is 1.05 bits per heavy atom. The molecule has 0 unspecified atom stereocenters. The van der Waals surface area contributed by atoms with Gasteiger partial charge in [-0.15, -0.1) is 0 Å². The lowest BCUT2D eigenvalue weighted by molar-refractivity contribution is -0.305. The summed E-state index contributed by atoms with van der Waals surface area (Å²) in [4.78, 5) is 21.6. The van der Waals surface area contributed by atoms with Gasteiger partial charge in [0, 0.05) is 5.97 Å². The number of amides is 2. The van der Waals surface area contributed by atoms with Crippen molar-refractivity contribution < 1.29 is 14.7 Å². The third-order valence-corrected chi connectivity index (χ3v) is 3.63. The van der Waals surface area contributed by atoms with E-state index in [0.29, 0.717) is 6.42 Å². The Morgan fingerprint density at radius 3 is 2.16 bits per heavy atom. The van der Waals surface area contributed by atoms with Gasteiger partial charge >= 0.3 is 6.03 Å². The zero-order chi connectivity index (χ0) is 14.1. The quantitative estimate of drug-likeness (QED) is 0.587. The molecule has 1 rings (SSSR count). The molecule has 5 heteroatoms. The number of rotatable bonds is 10. The van der Waals surface area contributed by atoms with Crippen molar-refractivity contribution in [3.05, 3.63) is 0 Å². The molecule has 110 valence electrons. The minimum absolute atomic E-state index is 0.0683. The molecule has 0 aliphatic carbocycles. The van der Waals surface area contributed by atoms with Gasteiger partial charge in [0.2, 0.25) is 0 Å². The summed E-state index contributed by atoms with van der Waals surface area (Å²) in [6, 6.07) is 0.369. The number of hydrogen-bond acceptors (Lipinski definition) is 3. The van der Waals surface area contributed by atoms with E-state index in [-0.39, 0.29) is 24.5 Å². The Hall–Kier alpha value is -1.26. The Labute approximate surface area is 115 Å². The predicted octanol–water partition coefficient (Wildman–Crippen LogP) is 1.32. The lowest BCUT2D eigenvalue weighted by atomic mass is 9.97. The van der Waals surface area contributed by atoms with Gasteiger partial charge in [0.1, 0.15) is 0 Å². The molecule has 0 aromatic carbocycles. The number of nitrogens with one attached hydrogen (secondary N) is 2. The second-order valence-corrected chi connectivity index (χ2v) is 5.30. The van der Waals surface area contributed by atoms with Gasteiger partial charge in [-0.2, -0.15) is 0 Å². The first-order chi connectivity index (χ1) is 9.13. The van der Waals surface area contributed by atoms with Gasteiger partial charge < -0.3 is 20.5 Å². The number of carbonyl (C=O) groups excluding carboxylic acids is 2. The number of carbonyl (C=O) groups is 2. The van der Waals surface area contributed by atoms with E-state index < -0.39 is 5.97 Å². The van der Waals surface area contributed by atoms with Gasteiger partial charge in [-0.25, -0.2) is 4.79 Å². The van der Waals surface area contributed by atoms with Crippen LogP contribution in [0.2, 0.25) is 0 Å². The third-order valence-electron chi connectivity index (χ3n) is 3.63. The van der Waals surface area contributed by atoms with Crippen LogP contribution in [-0.4, -0.2) is 24.1 Å². The first-order valence-electron chi connectivity index (χ1n) is 7.40. The van der Waals surface area contributed by atoms with Crippen molar-refractivity contribution in [3.8, 4) is 0 Å². The first-order valence-corrected chi connectivity index (χ1v) is 7.40. The van der Waals surface area contributed by atoms with Gasteiger partial charge in [0.15, 0.2) is 0 Å². The maximum absolute atomic E-state index is 11.4. The summed E-state index contributed by atoms with van der Waals surface area (Å²) >= 11 is 0. The van der Waals surface area contributed by atoms with Crippen molar-refractivity contribution >= 4 is 12.0 Å².